The van der Waals surface area contributed by atoms with Crippen LogP contribution in [-0.2, 0) is 21.2 Å². The van der Waals surface area contributed by atoms with Crippen LogP contribution in [0.2, 0.25) is 0 Å². The van der Waals surface area contributed by atoms with Crippen molar-refractivity contribution < 1.29 is 13.2 Å². The number of benzene rings is 2. The van der Waals surface area contributed by atoms with Gasteiger partial charge in [-0.25, -0.2) is 8.42 Å². The summed E-state index contributed by atoms with van der Waals surface area (Å²) in [6, 6.07) is 19.4. The highest BCUT2D eigenvalue weighted by molar-refractivity contribution is 7.92. The Labute approximate surface area is 211 Å². The van der Waals surface area contributed by atoms with Gasteiger partial charge in [-0.15, -0.1) is 11.3 Å². The number of carbonyl (C=O) groups excluding carboxylic acids is 1. The molecular weight excluding hydrogens is 476 g/mol. The monoisotopic (exact) mass is 506 g/mol. The van der Waals surface area contributed by atoms with Crippen molar-refractivity contribution >= 4 is 33.3 Å². The molecule has 1 aliphatic heterocycles. The second-order valence-electron chi connectivity index (χ2n) is 9.39. The quantitative estimate of drug-likeness (QED) is 0.420. The third kappa shape index (κ3) is 5.42. The summed E-state index contributed by atoms with van der Waals surface area (Å²) in [5.74, 6) is 0.187. The minimum atomic E-state index is -3.74. The Kier molecular flexibility index (Phi) is 6.91. The van der Waals surface area contributed by atoms with Crippen molar-refractivity contribution in [3.8, 4) is 0 Å². The zero-order chi connectivity index (χ0) is 24.4. The van der Waals surface area contributed by atoms with E-state index in [0.29, 0.717) is 19.0 Å². The van der Waals surface area contributed by atoms with Gasteiger partial charge in [0.1, 0.15) is 0 Å². The molecule has 0 bridgehead atoms. The molecule has 2 aliphatic rings. The number of nitrogens with zero attached hydrogens (tertiary/aromatic N) is 2. The summed E-state index contributed by atoms with van der Waals surface area (Å²) in [4.78, 5) is 16.9. The number of fused-ring (bicyclic) bond motifs is 1. The summed E-state index contributed by atoms with van der Waals surface area (Å²) in [7, 11) is -3.74. The van der Waals surface area contributed by atoms with Gasteiger partial charge < -0.3 is 4.90 Å². The van der Waals surface area contributed by atoms with Crippen LogP contribution < -0.4 is 0 Å². The number of hydrogen-bond acceptors (Lipinski definition) is 4. The topological polar surface area (TPSA) is 57.7 Å². The van der Waals surface area contributed by atoms with Crippen molar-refractivity contribution in [2.24, 2.45) is 5.92 Å². The highest BCUT2D eigenvalue weighted by atomic mass is 32.2. The van der Waals surface area contributed by atoms with Crippen molar-refractivity contribution in [2.45, 2.75) is 32.2 Å². The smallest absolute Gasteiger partial charge is 0.238 e. The van der Waals surface area contributed by atoms with Gasteiger partial charge in [0.15, 0.2) is 0 Å². The predicted molar refractivity (Wildman–Crippen MR) is 141 cm³/mol. The molecule has 0 spiro atoms. The van der Waals surface area contributed by atoms with E-state index >= 15 is 0 Å². The number of thiophene rings is 1. The molecule has 2 heterocycles. The molecule has 0 N–H and O–H groups in total. The number of rotatable bonds is 8. The van der Waals surface area contributed by atoms with Crippen molar-refractivity contribution in [3.05, 3.63) is 98.6 Å². The van der Waals surface area contributed by atoms with Gasteiger partial charge in [0.05, 0.1) is 12.6 Å². The lowest BCUT2D eigenvalue weighted by molar-refractivity contribution is -0.133. The fourth-order valence-corrected chi connectivity index (χ4v) is 6.83. The van der Waals surface area contributed by atoms with Crippen molar-refractivity contribution in [2.75, 3.05) is 19.6 Å². The maximum Gasteiger partial charge on any atom is 0.238 e. The van der Waals surface area contributed by atoms with Gasteiger partial charge in [0.2, 0.25) is 15.9 Å². The third-order valence-corrected chi connectivity index (χ3v) is 9.31. The maximum absolute atomic E-state index is 13.8. The molecular formula is C28H30N2O3S2. The van der Waals surface area contributed by atoms with Crippen LogP contribution in [-0.4, -0.2) is 43.2 Å². The van der Waals surface area contributed by atoms with Crippen LogP contribution in [0.5, 0.6) is 0 Å². The molecule has 7 heteroatoms. The second-order valence-corrected chi connectivity index (χ2v) is 12.2. The molecule has 5 rings (SSSR count). The standard InChI is InChI=1S/C28H30N2O3S2/c1-21-7-5-6-10-24(21)28-25-14-17-34-26(25)13-16-30(28)27(31)20-29(19-23-11-12-23)35(32,33)18-15-22-8-3-2-4-9-22/h2-10,14-15,17-18,23,28H,11-13,16,19-20H2,1H3. The van der Waals surface area contributed by atoms with Gasteiger partial charge in [-0.3, -0.25) is 4.79 Å². The van der Waals surface area contributed by atoms with Crippen LogP contribution in [0.3, 0.4) is 0 Å². The minimum absolute atomic E-state index is 0.139. The van der Waals surface area contributed by atoms with E-state index in [9.17, 15) is 13.2 Å². The Morgan fingerprint density at radius 1 is 1.06 bits per heavy atom. The van der Waals surface area contributed by atoms with Crippen LogP contribution in [0.1, 0.15) is 46.0 Å². The zero-order valence-electron chi connectivity index (χ0n) is 19.8. The number of amides is 1. The van der Waals surface area contributed by atoms with Crippen LogP contribution in [0.15, 0.2) is 71.5 Å². The molecule has 1 atom stereocenters. The molecule has 1 unspecified atom stereocenters. The Balaban J connectivity index is 1.42. The highest BCUT2D eigenvalue weighted by Crippen LogP contribution is 2.39. The molecule has 1 aliphatic carbocycles. The first-order chi connectivity index (χ1) is 16.9. The molecule has 2 aromatic carbocycles. The largest absolute Gasteiger partial charge is 0.330 e. The fraction of sp³-hybridized carbons (Fsp3) is 0.321. The minimum Gasteiger partial charge on any atom is -0.330 e. The Morgan fingerprint density at radius 3 is 2.54 bits per heavy atom. The van der Waals surface area contributed by atoms with E-state index in [1.54, 1.807) is 17.4 Å². The molecule has 0 radical (unpaired) electrons. The summed E-state index contributed by atoms with van der Waals surface area (Å²) < 4.78 is 28.0. The van der Waals surface area contributed by atoms with Crippen molar-refractivity contribution in [1.29, 1.82) is 0 Å². The van der Waals surface area contributed by atoms with E-state index in [-0.39, 0.29) is 18.5 Å². The van der Waals surface area contributed by atoms with Crippen LogP contribution >= 0.6 is 11.3 Å². The highest BCUT2D eigenvalue weighted by Gasteiger charge is 2.37. The molecule has 0 saturated heterocycles. The number of sulfonamides is 1. The molecule has 35 heavy (non-hydrogen) atoms. The average Bonchev–Trinajstić information content (AvgIpc) is 3.55. The number of hydrogen-bond donors (Lipinski definition) is 0. The lowest BCUT2D eigenvalue weighted by Gasteiger charge is -2.38. The van der Waals surface area contributed by atoms with E-state index in [0.717, 1.165) is 41.5 Å². The summed E-state index contributed by atoms with van der Waals surface area (Å²) in [5, 5.41) is 3.33. The maximum atomic E-state index is 13.8. The Hall–Kier alpha value is -2.74. The van der Waals surface area contributed by atoms with Crippen molar-refractivity contribution in [1.82, 2.24) is 9.21 Å². The van der Waals surface area contributed by atoms with Gasteiger partial charge in [-0.05, 0) is 71.9 Å². The summed E-state index contributed by atoms with van der Waals surface area (Å²) in [6.07, 6.45) is 4.42. The number of aryl methyl sites for hydroxylation is 1. The van der Waals surface area contributed by atoms with E-state index in [1.807, 2.05) is 47.4 Å². The van der Waals surface area contributed by atoms with E-state index in [1.165, 1.54) is 14.6 Å². The van der Waals surface area contributed by atoms with Crippen LogP contribution in [0.4, 0.5) is 0 Å². The first-order valence-corrected chi connectivity index (χ1v) is 14.5. The normalized spacial score (nSPS) is 18.2. The molecule has 1 saturated carbocycles. The molecule has 3 aromatic rings. The van der Waals surface area contributed by atoms with Crippen molar-refractivity contribution in [3.63, 3.8) is 0 Å². The van der Waals surface area contributed by atoms with Crippen LogP contribution in [0.25, 0.3) is 6.08 Å². The number of carbonyl (C=O) groups is 1. The predicted octanol–water partition coefficient (Wildman–Crippen LogP) is 5.24. The van der Waals surface area contributed by atoms with Gasteiger partial charge in [-0.2, -0.15) is 4.31 Å². The van der Waals surface area contributed by atoms with Gasteiger partial charge in [0.25, 0.3) is 0 Å². The molecule has 182 valence electrons. The van der Waals surface area contributed by atoms with E-state index < -0.39 is 10.0 Å². The van der Waals surface area contributed by atoms with Crippen LogP contribution in [0, 0.1) is 12.8 Å². The lowest BCUT2D eigenvalue weighted by Crippen LogP contribution is -2.47. The summed E-state index contributed by atoms with van der Waals surface area (Å²) in [6.45, 7) is 2.90. The first kappa shape index (κ1) is 24.0. The summed E-state index contributed by atoms with van der Waals surface area (Å²) >= 11 is 1.73. The molecule has 5 nitrogen and oxygen atoms in total. The average molecular weight is 507 g/mol. The lowest BCUT2D eigenvalue weighted by atomic mass is 9.90. The van der Waals surface area contributed by atoms with E-state index in [4.69, 9.17) is 0 Å². The van der Waals surface area contributed by atoms with E-state index in [2.05, 4.69) is 30.5 Å². The summed E-state index contributed by atoms with van der Waals surface area (Å²) in [5.41, 5.74) is 4.20. The molecule has 1 fully saturated rings. The molecule has 1 amide bonds. The Morgan fingerprint density at radius 2 is 1.80 bits per heavy atom. The second kappa shape index (κ2) is 10.1. The zero-order valence-corrected chi connectivity index (χ0v) is 21.5. The van der Waals surface area contributed by atoms with Gasteiger partial charge in [-0.1, -0.05) is 54.6 Å². The van der Waals surface area contributed by atoms with Gasteiger partial charge in [0, 0.05) is 23.4 Å². The third-order valence-electron chi connectivity index (χ3n) is 6.83. The fourth-order valence-electron chi connectivity index (χ4n) is 4.72. The first-order valence-electron chi connectivity index (χ1n) is 12.1. The molecule has 1 aromatic heterocycles. The Bertz CT molecular complexity index is 1330. The van der Waals surface area contributed by atoms with Gasteiger partial charge >= 0.3 is 0 Å². The SMILES string of the molecule is Cc1ccccc1C1c2ccsc2CCN1C(=O)CN(CC1CC1)S(=O)(=O)C=Cc1ccccc1.